The van der Waals surface area contributed by atoms with E-state index in [1.54, 1.807) is 6.92 Å². The van der Waals surface area contributed by atoms with E-state index in [4.69, 9.17) is 5.26 Å². The molecule has 2 rings (SSSR count). The van der Waals surface area contributed by atoms with E-state index in [1.165, 1.54) is 47.4 Å². The van der Waals surface area contributed by atoms with Crippen LogP contribution in [0.3, 0.4) is 0 Å². The van der Waals surface area contributed by atoms with Crippen molar-refractivity contribution in [1.29, 1.82) is 5.26 Å². The fraction of sp³-hybridized carbons (Fsp3) is 0.200. The normalized spacial score (nSPS) is 10.0. The first kappa shape index (κ1) is 17.9. The molecule has 0 saturated carbocycles. The van der Waals surface area contributed by atoms with E-state index in [1.807, 2.05) is 6.07 Å². The first-order chi connectivity index (χ1) is 11.5. The Morgan fingerprint density at radius 2 is 2.17 bits per heavy atom. The molecule has 0 saturated heterocycles. The first-order valence-corrected chi connectivity index (χ1v) is 8.61. The van der Waals surface area contributed by atoms with Crippen molar-refractivity contribution in [2.75, 3.05) is 17.6 Å². The highest BCUT2D eigenvalue weighted by atomic mass is 32.2. The van der Waals surface area contributed by atoms with Gasteiger partial charge in [-0.15, -0.1) is 0 Å². The number of rotatable bonds is 6. The number of hydrogen-bond donors (Lipinski definition) is 2. The van der Waals surface area contributed by atoms with Crippen molar-refractivity contribution in [2.24, 2.45) is 0 Å². The van der Waals surface area contributed by atoms with Crippen molar-refractivity contribution >= 4 is 40.0 Å². The highest BCUT2D eigenvalue weighted by Gasteiger charge is 2.14. The van der Waals surface area contributed by atoms with E-state index in [0.29, 0.717) is 10.9 Å². The average Bonchev–Trinajstić information content (AvgIpc) is 2.90. The summed E-state index contributed by atoms with van der Waals surface area (Å²) in [6.45, 7) is 1.48. The number of carbonyl (C=O) groups excluding carboxylic acids is 2. The fourth-order valence-electron chi connectivity index (χ4n) is 1.73. The Bertz CT molecular complexity index is 801. The third kappa shape index (κ3) is 4.78. The van der Waals surface area contributed by atoms with Crippen LogP contribution in [0.2, 0.25) is 0 Å². The van der Waals surface area contributed by atoms with Crippen molar-refractivity contribution in [3.05, 3.63) is 41.3 Å². The number of aromatic nitrogens is 1. The van der Waals surface area contributed by atoms with Crippen LogP contribution in [0.25, 0.3) is 0 Å². The van der Waals surface area contributed by atoms with Gasteiger partial charge in [0.25, 0.3) is 5.91 Å². The molecule has 0 aliphatic carbocycles. The molecule has 0 spiro atoms. The second kappa shape index (κ2) is 8.42. The lowest BCUT2D eigenvalue weighted by Crippen LogP contribution is -2.33. The van der Waals surface area contributed by atoms with E-state index in [9.17, 15) is 14.0 Å². The zero-order valence-electron chi connectivity index (χ0n) is 12.6. The van der Waals surface area contributed by atoms with Gasteiger partial charge >= 0.3 is 0 Å². The van der Waals surface area contributed by atoms with Gasteiger partial charge in [-0.2, -0.15) is 5.26 Å². The standard InChI is InChI=1S/C15H13FN4O2S2/c1-9-14(23-7-6-17)24-15(19-9)20-12(21)8-18-13(22)10-4-2-3-5-11(10)16/h2-5H,7-8H2,1H3,(H,18,22)(H,19,20,21). The lowest BCUT2D eigenvalue weighted by atomic mass is 10.2. The molecule has 24 heavy (non-hydrogen) atoms. The van der Waals surface area contributed by atoms with Crippen LogP contribution in [0.5, 0.6) is 0 Å². The molecule has 1 aromatic carbocycles. The predicted molar refractivity (Wildman–Crippen MR) is 90.6 cm³/mol. The molecule has 0 aliphatic heterocycles. The average molecular weight is 364 g/mol. The van der Waals surface area contributed by atoms with Gasteiger partial charge in [0.2, 0.25) is 5.91 Å². The fourth-order valence-corrected chi connectivity index (χ4v) is 3.55. The number of nitriles is 1. The zero-order valence-corrected chi connectivity index (χ0v) is 14.3. The molecular formula is C15H13FN4O2S2. The third-order valence-corrected chi connectivity index (χ3v) is 5.10. The van der Waals surface area contributed by atoms with Gasteiger partial charge in [0.1, 0.15) is 5.82 Å². The van der Waals surface area contributed by atoms with Crippen molar-refractivity contribution in [1.82, 2.24) is 10.3 Å². The number of anilines is 1. The van der Waals surface area contributed by atoms with Crippen molar-refractivity contribution in [2.45, 2.75) is 11.1 Å². The molecule has 2 aromatic rings. The Kier molecular flexibility index (Phi) is 6.28. The van der Waals surface area contributed by atoms with Gasteiger partial charge in [-0.1, -0.05) is 35.2 Å². The van der Waals surface area contributed by atoms with Crippen LogP contribution in [0.15, 0.2) is 28.5 Å². The van der Waals surface area contributed by atoms with Gasteiger partial charge in [0.05, 0.1) is 33.8 Å². The molecule has 2 N–H and O–H groups in total. The maximum atomic E-state index is 13.5. The molecule has 0 atom stereocenters. The number of benzene rings is 1. The summed E-state index contributed by atoms with van der Waals surface area (Å²) in [6.07, 6.45) is 0. The Labute approximate surface area is 146 Å². The van der Waals surface area contributed by atoms with Crippen molar-refractivity contribution in [3.8, 4) is 6.07 Å². The molecule has 0 aliphatic rings. The van der Waals surface area contributed by atoms with Crippen molar-refractivity contribution < 1.29 is 14.0 Å². The van der Waals surface area contributed by atoms with E-state index in [-0.39, 0.29) is 12.1 Å². The van der Waals surface area contributed by atoms with Crippen LogP contribution >= 0.6 is 23.1 Å². The van der Waals surface area contributed by atoms with Gasteiger partial charge in [-0.05, 0) is 19.1 Å². The maximum Gasteiger partial charge on any atom is 0.254 e. The number of aryl methyl sites for hydroxylation is 1. The molecule has 9 heteroatoms. The quantitative estimate of drug-likeness (QED) is 0.768. The zero-order chi connectivity index (χ0) is 17.5. The second-order valence-corrected chi connectivity index (χ2v) is 6.79. The first-order valence-electron chi connectivity index (χ1n) is 6.81. The molecule has 1 aromatic heterocycles. The number of nitrogens with one attached hydrogen (secondary N) is 2. The smallest absolute Gasteiger partial charge is 0.254 e. The number of nitrogens with zero attached hydrogens (tertiary/aromatic N) is 2. The molecule has 0 fully saturated rings. The van der Waals surface area contributed by atoms with Crippen molar-refractivity contribution in [3.63, 3.8) is 0 Å². The summed E-state index contributed by atoms with van der Waals surface area (Å²) in [5.74, 6) is -1.48. The molecule has 0 radical (unpaired) electrons. The van der Waals surface area contributed by atoms with Crippen LogP contribution in [0, 0.1) is 24.1 Å². The molecule has 6 nitrogen and oxygen atoms in total. The molecule has 1 heterocycles. The Morgan fingerprint density at radius 1 is 1.42 bits per heavy atom. The minimum absolute atomic E-state index is 0.120. The van der Waals surface area contributed by atoms with Gasteiger partial charge in [0, 0.05) is 0 Å². The molecule has 2 amide bonds. The van der Waals surface area contributed by atoms with E-state index in [2.05, 4.69) is 15.6 Å². The van der Waals surface area contributed by atoms with Crippen LogP contribution in [0.4, 0.5) is 9.52 Å². The highest BCUT2D eigenvalue weighted by molar-refractivity contribution is 8.01. The molecule has 0 bridgehead atoms. The van der Waals surface area contributed by atoms with Crippen LogP contribution in [-0.4, -0.2) is 29.1 Å². The number of thiazole rings is 1. The monoisotopic (exact) mass is 364 g/mol. The van der Waals surface area contributed by atoms with E-state index >= 15 is 0 Å². The van der Waals surface area contributed by atoms with Crippen LogP contribution < -0.4 is 10.6 Å². The predicted octanol–water partition coefficient (Wildman–Crippen LogP) is 2.57. The Balaban J connectivity index is 1.89. The van der Waals surface area contributed by atoms with Crippen LogP contribution in [-0.2, 0) is 4.79 Å². The van der Waals surface area contributed by atoms with Crippen LogP contribution in [0.1, 0.15) is 16.1 Å². The minimum Gasteiger partial charge on any atom is -0.343 e. The number of halogens is 1. The number of hydrogen-bond acceptors (Lipinski definition) is 6. The molecule has 124 valence electrons. The summed E-state index contributed by atoms with van der Waals surface area (Å²) in [4.78, 5) is 27.9. The highest BCUT2D eigenvalue weighted by Crippen LogP contribution is 2.31. The summed E-state index contributed by atoms with van der Waals surface area (Å²) in [6, 6.07) is 7.55. The number of carbonyl (C=O) groups is 2. The second-order valence-electron chi connectivity index (χ2n) is 4.55. The van der Waals surface area contributed by atoms with Gasteiger partial charge in [-0.25, -0.2) is 9.37 Å². The lowest BCUT2D eigenvalue weighted by Gasteiger charge is -2.05. The topological polar surface area (TPSA) is 94.9 Å². The maximum absolute atomic E-state index is 13.5. The lowest BCUT2D eigenvalue weighted by molar-refractivity contribution is -0.115. The van der Waals surface area contributed by atoms with E-state index in [0.717, 1.165) is 9.90 Å². The summed E-state index contributed by atoms with van der Waals surface area (Å²) >= 11 is 2.60. The largest absolute Gasteiger partial charge is 0.343 e. The van der Waals surface area contributed by atoms with E-state index < -0.39 is 17.6 Å². The van der Waals surface area contributed by atoms with Gasteiger partial charge < -0.3 is 10.6 Å². The molecule has 0 unspecified atom stereocenters. The Hall–Kier alpha value is -2.44. The summed E-state index contributed by atoms with van der Waals surface area (Å²) in [7, 11) is 0. The number of thioether (sulfide) groups is 1. The van der Waals surface area contributed by atoms with Gasteiger partial charge in [-0.3, -0.25) is 9.59 Å². The molecular weight excluding hydrogens is 351 g/mol. The SMILES string of the molecule is Cc1nc(NC(=O)CNC(=O)c2ccccc2F)sc1SCC#N. The minimum atomic E-state index is -0.663. The number of amides is 2. The van der Waals surface area contributed by atoms with Gasteiger partial charge in [0.15, 0.2) is 5.13 Å². The summed E-state index contributed by atoms with van der Waals surface area (Å²) < 4.78 is 14.3. The summed E-state index contributed by atoms with van der Waals surface area (Å²) in [5.41, 5.74) is 0.608. The Morgan fingerprint density at radius 3 is 2.88 bits per heavy atom. The summed E-state index contributed by atoms with van der Waals surface area (Å²) in [5, 5.41) is 13.9. The third-order valence-electron chi connectivity index (χ3n) is 2.80.